The van der Waals surface area contributed by atoms with Crippen LogP contribution in [0.1, 0.15) is 13.3 Å². The monoisotopic (exact) mass is 190 g/mol. The van der Waals surface area contributed by atoms with Gasteiger partial charge in [-0.25, -0.2) is 0 Å². The van der Waals surface area contributed by atoms with Crippen molar-refractivity contribution in [3.63, 3.8) is 0 Å². The first-order valence-corrected chi connectivity index (χ1v) is 4.94. The number of carbonyl (C=O) groups is 2. The average Bonchev–Trinajstić information content (AvgIpc) is 1.96. The highest BCUT2D eigenvalue weighted by Crippen LogP contribution is 1.99. The number of amides is 1. The van der Waals surface area contributed by atoms with Crippen LogP contribution >= 0.6 is 11.8 Å². The number of hydrogen-bond donors (Lipinski definition) is 1. The second-order valence-corrected chi connectivity index (χ2v) is 3.34. The molecule has 0 aromatic carbocycles. The lowest BCUT2D eigenvalue weighted by atomic mass is 10.2. The van der Waals surface area contributed by atoms with Crippen LogP contribution in [0.5, 0.6) is 0 Å². The minimum absolute atomic E-state index is 0.342. The fourth-order valence-corrected chi connectivity index (χ4v) is 1.20. The summed E-state index contributed by atoms with van der Waals surface area (Å²) in [4.78, 5) is 20.9. The lowest BCUT2D eigenvalue weighted by molar-refractivity contribution is -0.308. The summed E-state index contributed by atoms with van der Waals surface area (Å²) in [6.45, 7) is 1.29. The first kappa shape index (κ1) is 11.3. The molecule has 12 heavy (non-hydrogen) atoms. The topological polar surface area (TPSA) is 69.2 Å². The van der Waals surface area contributed by atoms with Gasteiger partial charge in [0.15, 0.2) is 0 Å². The summed E-state index contributed by atoms with van der Waals surface area (Å²) in [5, 5.41) is 12.7. The Labute approximate surface area is 75.7 Å². The van der Waals surface area contributed by atoms with E-state index in [0.717, 1.165) is 0 Å². The molecule has 1 N–H and O–H groups in total. The van der Waals surface area contributed by atoms with Crippen molar-refractivity contribution >= 4 is 23.6 Å². The molecule has 0 saturated carbocycles. The maximum atomic E-state index is 10.5. The third-order valence-corrected chi connectivity index (χ3v) is 1.92. The van der Waals surface area contributed by atoms with Crippen LogP contribution in [0.25, 0.3) is 0 Å². The molecule has 0 radical (unpaired) electrons. The lowest BCUT2D eigenvalue weighted by Gasteiger charge is -2.17. The van der Waals surface area contributed by atoms with Gasteiger partial charge in [-0.15, -0.1) is 0 Å². The summed E-state index contributed by atoms with van der Waals surface area (Å²) in [5.74, 6) is -0.872. The molecule has 0 heterocycles. The molecule has 0 unspecified atom stereocenters. The number of rotatable bonds is 5. The van der Waals surface area contributed by atoms with Gasteiger partial charge in [0.05, 0.1) is 12.0 Å². The standard InChI is InChI=1S/C7H13NO3S/c1-5(9)8-6(7(10)11)3-4-12-2/h6H,3-4H2,1-2H3,(H,8,9)(H,10,11)/p-1/t6-/m0/s1. The van der Waals surface area contributed by atoms with Gasteiger partial charge in [-0.3, -0.25) is 4.79 Å². The summed E-state index contributed by atoms with van der Waals surface area (Å²) in [6, 6.07) is -0.852. The van der Waals surface area contributed by atoms with Crippen molar-refractivity contribution in [2.75, 3.05) is 12.0 Å². The quantitative estimate of drug-likeness (QED) is 0.603. The molecule has 4 nitrogen and oxygen atoms in total. The minimum Gasteiger partial charge on any atom is -0.548 e. The van der Waals surface area contributed by atoms with Crippen LogP contribution < -0.4 is 10.4 Å². The van der Waals surface area contributed by atoms with Gasteiger partial charge in [-0.2, -0.15) is 11.8 Å². The van der Waals surface area contributed by atoms with Crippen molar-refractivity contribution in [3.05, 3.63) is 0 Å². The van der Waals surface area contributed by atoms with Gasteiger partial charge >= 0.3 is 0 Å². The van der Waals surface area contributed by atoms with Crippen LogP contribution in [0.3, 0.4) is 0 Å². The summed E-state index contributed by atoms with van der Waals surface area (Å²) < 4.78 is 0. The fourth-order valence-electron chi connectivity index (χ4n) is 0.730. The maximum Gasteiger partial charge on any atom is 0.217 e. The molecular formula is C7H12NO3S-. The molecule has 1 amide bonds. The molecule has 0 aliphatic rings. The third kappa shape index (κ3) is 5.01. The van der Waals surface area contributed by atoms with Crippen LogP contribution in [-0.2, 0) is 9.59 Å². The first-order valence-electron chi connectivity index (χ1n) is 3.54. The molecule has 0 rings (SSSR count). The highest BCUT2D eigenvalue weighted by molar-refractivity contribution is 7.98. The molecule has 0 bridgehead atoms. The Morgan fingerprint density at radius 3 is 2.50 bits per heavy atom. The molecular weight excluding hydrogens is 178 g/mol. The van der Waals surface area contributed by atoms with Crippen LogP contribution in [0.15, 0.2) is 0 Å². The number of carbonyl (C=O) groups excluding carboxylic acids is 2. The molecule has 0 aliphatic heterocycles. The van der Waals surface area contributed by atoms with E-state index in [1.54, 1.807) is 0 Å². The Balaban J connectivity index is 3.87. The Hall–Kier alpha value is -0.710. The van der Waals surface area contributed by atoms with E-state index in [2.05, 4.69) is 5.32 Å². The molecule has 1 atom stereocenters. The zero-order valence-electron chi connectivity index (χ0n) is 7.12. The van der Waals surface area contributed by atoms with Crippen LogP contribution in [0.2, 0.25) is 0 Å². The SMILES string of the molecule is CSCC[C@H](NC(C)=O)C(=O)[O-]. The van der Waals surface area contributed by atoms with Gasteiger partial charge in [-0.1, -0.05) is 0 Å². The van der Waals surface area contributed by atoms with E-state index < -0.39 is 12.0 Å². The van der Waals surface area contributed by atoms with Crippen molar-refractivity contribution < 1.29 is 14.7 Å². The lowest BCUT2D eigenvalue weighted by Crippen LogP contribution is -2.47. The van der Waals surface area contributed by atoms with Crippen molar-refractivity contribution in [3.8, 4) is 0 Å². The number of thioether (sulfide) groups is 1. The Morgan fingerprint density at radius 1 is 1.58 bits per heavy atom. The van der Waals surface area contributed by atoms with Crippen molar-refractivity contribution in [1.29, 1.82) is 0 Å². The van der Waals surface area contributed by atoms with Gasteiger partial charge in [-0.05, 0) is 18.4 Å². The van der Waals surface area contributed by atoms with Gasteiger partial charge < -0.3 is 15.2 Å². The van der Waals surface area contributed by atoms with E-state index in [9.17, 15) is 14.7 Å². The Bertz CT molecular complexity index is 172. The van der Waals surface area contributed by atoms with Gasteiger partial charge in [0.25, 0.3) is 0 Å². The predicted octanol–water partition coefficient (Wildman–Crippen LogP) is -1.01. The van der Waals surface area contributed by atoms with Gasteiger partial charge in [0, 0.05) is 6.92 Å². The summed E-state index contributed by atoms with van der Waals surface area (Å²) in [6.07, 6.45) is 2.28. The van der Waals surface area contributed by atoms with Gasteiger partial charge in [0.2, 0.25) is 5.91 Å². The number of carboxylic acid groups (broad SMARTS) is 1. The molecule has 0 saturated heterocycles. The highest BCUT2D eigenvalue weighted by Gasteiger charge is 2.09. The summed E-state index contributed by atoms with van der Waals surface area (Å²) in [7, 11) is 0. The minimum atomic E-state index is -1.22. The predicted molar refractivity (Wildman–Crippen MR) is 45.6 cm³/mol. The van der Waals surface area contributed by atoms with Crippen LogP contribution in [-0.4, -0.2) is 29.9 Å². The molecule has 70 valence electrons. The van der Waals surface area contributed by atoms with Crippen LogP contribution in [0.4, 0.5) is 0 Å². The van der Waals surface area contributed by atoms with Crippen molar-refractivity contribution in [1.82, 2.24) is 5.32 Å². The smallest absolute Gasteiger partial charge is 0.217 e. The van der Waals surface area contributed by atoms with Crippen molar-refractivity contribution in [2.45, 2.75) is 19.4 Å². The second kappa shape index (κ2) is 5.88. The number of aliphatic carboxylic acids is 1. The zero-order chi connectivity index (χ0) is 9.56. The molecule has 5 heteroatoms. The van der Waals surface area contributed by atoms with E-state index in [1.807, 2.05) is 6.26 Å². The fraction of sp³-hybridized carbons (Fsp3) is 0.714. The van der Waals surface area contributed by atoms with E-state index in [1.165, 1.54) is 18.7 Å². The molecule has 0 aliphatic carbocycles. The molecule has 0 aromatic rings. The molecule has 0 aromatic heterocycles. The van der Waals surface area contributed by atoms with E-state index in [4.69, 9.17) is 0 Å². The van der Waals surface area contributed by atoms with Crippen LogP contribution in [0, 0.1) is 0 Å². The maximum absolute atomic E-state index is 10.5. The third-order valence-electron chi connectivity index (χ3n) is 1.27. The van der Waals surface area contributed by atoms with Gasteiger partial charge in [0.1, 0.15) is 0 Å². The number of carboxylic acids is 1. The number of nitrogens with one attached hydrogen (secondary N) is 1. The van der Waals surface area contributed by atoms with Crippen molar-refractivity contribution in [2.24, 2.45) is 0 Å². The summed E-state index contributed by atoms with van der Waals surface area (Å²) >= 11 is 1.53. The summed E-state index contributed by atoms with van der Waals surface area (Å²) in [5.41, 5.74) is 0. The van der Waals surface area contributed by atoms with E-state index in [0.29, 0.717) is 12.2 Å². The average molecular weight is 190 g/mol. The zero-order valence-corrected chi connectivity index (χ0v) is 7.94. The normalized spacial score (nSPS) is 12.2. The largest absolute Gasteiger partial charge is 0.548 e. The first-order chi connectivity index (χ1) is 5.57. The van der Waals surface area contributed by atoms with E-state index in [-0.39, 0.29) is 5.91 Å². The Morgan fingerprint density at radius 2 is 2.17 bits per heavy atom. The second-order valence-electron chi connectivity index (χ2n) is 2.35. The Kier molecular flexibility index (Phi) is 5.53. The molecule has 0 fully saturated rings. The highest BCUT2D eigenvalue weighted by atomic mass is 32.2. The molecule has 0 spiro atoms. The number of hydrogen-bond acceptors (Lipinski definition) is 4. The van der Waals surface area contributed by atoms with E-state index >= 15 is 0 Å².